The standard InChI is InChI=1S/C17H22ClN3/c1-5-7-15-19-16(18)13(4)17(20-15)21(6-2)14-10-8-12(3)9-11-14/h8-11H,5-7H2,1-4H3. The van der Waals surface area contributed by atoms with Crippen molar-refractivity contribution in [2.24, 2.45) is 0 Å². The Morgan fingerprint density at radius 3 is 2.29 bits per heavy atom. The van der Waals surface area contributed by atoms with Gasteiger partial charge >= 0.3 is 0 Å². The fourth-order valence-corrected chi connectivity index (χ4v) is 2.48. The van der Waals surface area contributed by atoms with Gasteiger partial charge in [0.05, 0.1) is 0 Å². The van der Waals surface area contributed by atoms with Crippen molar-refractivity contribution in [2.45, 2.75) is 40.5 Å². The lowest BCUT2D eigenvalue weighted by molar-refractivity contribution is 0.820. The maximum absolute atomic E-state index is 6.29. The Labute approximate surface area is 132 Å². The molecule has 0 radical (unpaired) electrons. The van der Waals surface area contributed by atoms with Gasteiger partial charge in [-0.15, -0.1) is 0 Å². The summed E-state index contributed by atoms with van der Waals surface area (Å²) in [5, 5.41) is 0.550. The average Bonchev–Trinajstić information content (AvgIpc) is 2.47. The van der Waals surface area contributed by atoms with Crippen LogP contribution in [0.2, 0.25) is 5.15 Å². The molecule has 0 aliphatic rings. The second-order valence-corrected chi connectivity index (χ2v) is 5.57. The molecular weight excluding hydrogens is 282 g/mol. The third-order valence-electron chi connectivity index (χ3n) is 3.50. The topological polar surface area (TPSA) is 29.0 Å². The van der Waals surface area contributed by atoms with Crippen LogP contribution in [0.25, 0.3) is 0 Å². The molecule has 2 rings (SSSR count). The predicted molar refractivity (Wildman–Crippen MR) is 89.6 cm³/mol. The summed E-state index contributed by atoms with van der Waals surface area (Å²) < 4.78 is 0. The van der Waals surface area contributed by atoms with Gasteiger partial charge in [0.25, 0.3) is 0 Å². The van der Waals surface area contributed by atoms with Gasteiger partial charge in [-0.25, -0.2) is 9.97 Å². The van der Waals surface area contributed by atoms with Crippen LogP contribution < -0.4 is 4.90 Å². The van der Waals surface area contributed by atoms with Gasteiger partial charge in [-0.2, -0.15) is 0 Å². The van der Waals surface area contributed by atoms with E-state index in [2.05, 4.69) is 54.9 Å². The van der Waals surface area contributed by atoms with Crippen molar-refractivity contribution in [3.8, 4) is 0 Å². The molecule has 0 N–H and O–H groups in total. The number of hydrogen-bond donors (Lipinski definition) is 0. The summed E-state index contributed by atoms with van der Waals surface area (Å²) in [6.45, 7) is 9.14. The minimum atomic E-state index is 0.550. The van der Waals surface area contributed by atoms with E-state index in [1.807, 2.05) is 6.92 Å². The van der Waals surface area contributed by atoms with Crippen LogP contribution in [0.5, 0.6) is 0 Å². The molecule has 0 unspecified atom stereocenters. The van der Waals surface area contributed by atoms with E-state index in [0.717, 1.165) is 42.3 Å². The van der Waals surface area contributed by atoms with E-state index in [9.17, 15) is 0 Å². The quantitative estimate of drug-likeness (QED) is 0.739. The number of hydrogen-bond acceptors (Lipinski definition) is 3. The molecular formula is C17H22ClN3. The van der Waals surface area contributed by atoms with Gasteiger partial charge in [0.2, 0.25) is 0 Å². The number of halogens is 1. The van der Waals surface area contributed by atoms with Gasteiger partial charge in [-0.3, -0.25) is 0 Å². The molecule has 112 valence electrons. The van der Waals surface area contributed by atoms with Crippen LogP contribution >= 0.6 is 11.6 Å². The van der Waals surface area contributed by atoms with Crippen LogP contribution in [0.1, 0.15) is 37.2 Å². The second-order valence-electron chi connectivity index (χ2n) is 5.21. The number of aromatic nitrogens is 2. The zero-order chi connectivity index (χ0) is 15.4. The van der Waals surface area contributed by atoms with Crippen LogP contribution in [-0.4, -0.2) is 16.5 Å². The van der Waals surface area contributed by atoms with Gasteiger partial charge in [-0.05, 0) is 39.3 Å². The highest BCUT2D eigenvalue weighted by molar-refractivity contribution is 6.30. The van der Waals surface area contributed by atoms with E-state index >= 15 is 0 Å². The molecule has 4 heteroatoms. The highest BCUT2D eigenvalue weighted by Crippen LogP contribution is 2.29. The first-order valence-corrected chi connectivity index (χ1v) is 7.81. The molecule has 0 amide bonds. The summed E-state index contributed by atoms with van der Waals surface area (Å²) >= 11 is 6.29. The van der Waals surface area contributed by atoms with Crippen molar-refractivity contribution >= 4 is 23.1 Å². The molecule has 0 atom stereocenters. The van der Waals surface area contributed by atoms with E-state index < -0.39 is 0 Å². The molecule has 0 aliphatic heterocycles. The van der Waals surface area contributed by atoms with Gasteiger partial charge in [0.1, 0.15) is 16.8 Å². The van der Waals surface area contributed by atoms with Gasteiger partial charge in [-0.1, -0.05) is 36.2 Å². The normalized spacial score (nSPS) is 10.7. The smallest absolute Gasteiger partial charge is 0.141 e. The first kappa shape index (κ1) is 15.8. The van der Waals surface area contributed by atoms with Crippen molar-refractivity contribution in [1.29, 1.82) is 0 Å². The predicted octanol–water partition coefficient (Wildman–Crippen LogP) is 4.86. The molecule has 1 aromatic carbocycles. The summed E-state index contributed by atoms with van der Waals surface area (Å²) in [4.78, 5) is 11.3. The fraction of sp³-hybridized carbons (Fsp3) is 0.412. The lowest BCUT2D eigenvalue weighted by atomic mass is 10.2. The first-order chi connectivity index (χ1) is 10.1. The van der Waals surface area contributed by atoms with Crippen LogP contribution in [0.4, 0.5) is 11.5 Å². The Morgan fingerprint density at radius 2 is 1.71 bits per heavy atom. The number of aryl methyl sites for hydroxylation is 2. The number of anilines is 2. The largest absolute Gasteiger partial charge is 0.326 e. The van der Waals surface area contributed by atoms with E-state index in [-0.39, 0.29) is 0 Å². The van der Waals surface area contributed by atoms with Crippen molar-refractivity contribution in [2.75, 3.05) is 11.4 Å². The lowest BCUT2D eigenvalue weighted by Gasteiger charge is -2.24. The van der Waals surface area contributed by atoms with Crippen LogP contribution in [0, 0.1) is 13.8 Å². The van der Waals surface area contributed by atoms with E-state index in [1.165, 1.54) is 5.56 Å². The molecule has 0 bridgehead atoms. The summed E-state index contributed by atoms with van der Waals surface area (Å²) in [6.07, 6.45) is 1.86. The zero-order valence-corrected chi connectivity index (χ0v) is 13.9. The molecule has 1 aromatic heterocycles. The third-order valence-corrected chi connectivity index (χ3v) is 3.87. The molecule has 0 saturated carbocycles. The van der Waals surface area contributed by atoms with Gasteiger partial charge in [0, 0.05) is 24.2 Å². The fourth-order valence-electron chi connectivity index (χ4n) is 2.30. The Morgan fingerprint density at radius 1 is 1.05 bits per heavy atom. The molecule has 0 fully saturated rings. The van der Waals surface area contributed by atoms with Crippen LogP contribution in [-0.2, 0) is 6.42 Å². The van der Waals surface area contributed by atoms with Crippen molar-refractivity contribution in [3.63, 3.8) is 0 Å². The number of rotatable bonds is 5. The van der Waals surface area contributed by atoms with E-state index in [0.29, 0.717) is 5.15 Å². The summed E-state index contributed by atoms with van der Waals surface area (Å²) in [5.41, 5.74) is 3.31. The third kappa shape index (κ3) is 3.53. The number of benzene rings is 1. The van der Waals surface area contributed by atoms with Crippen molar-refractivity contribution in [3.05, 3.63) is 46.4 Å². The van der Waals surface area contributed by atoms with Gasteiger partial charge in [0.15, 0.2) is 0 Å². The summed E-state index contributed by atoms with van der Waals surface area (Å²) in [5.74, 6) is 1.72. The molecule has 2 aromatic rings. The monoisotopic (exact) mass is 303 g/mol. The first-order valence-electron chi connectivity index (χ1n) is 7.44. The van der Waals surface area contributed by atoms with Crippen LogP contribution in [0.3, 0.4) is 0 Å². The Bertz CT molecular complexity index is 608. The molecule has 0 saturated heterocycles. The zero-order valence-electron chi connectivity index (χ0n) is 13.2. The molecule has 1 heterocycles. The maximum atomic E-state index is 6.29. The maximum Gasteiger partial charge on any atom is 0.141 e. The lowest BCUT2D eigenvalue weighted by Crippen LogP contribution is -2.20. The van der Waals surface area contributed by atoms with Crippen molar-refractivity contribution < 1.29 is 0 Å². The Balaban J connectivity index is 2.48. The Kier molecular flexibility index (Phi) is 5.18. The average molecular weight is 304 g/mol. The van der Waals surface area contributed by atoms with E-state index in [1.54, 1.807) is 0 Å². The SMILES string of the molecule is CCCc1nc(Cl)c(C)c(N(CC)c2ccc(C)cc2)n1. The van der Waals surface area contributed by atoms with Crippen LogP contribution in [0.15, 0.2) is 24.3 Å². The minimum Gasteiger partial charge on any atom is -0.326 e. The second kappa shape index (κ2) is 6.90. The highest BCUT2D eigenvalue weighted by Gasteiger charge is 2.16. The number of nitrogens with zero attached hydrogens (tertiary/aromatic N) is 3. The molecule has 3 nitrogen and oxygen atoms in total. The molecule has 0 spiro atoms. The Hall–Kier alpha value is -1.61. The highest BCUT2D eigenvalue weighted by atomic mass is 35.5. The summed E-state index contributed by atoms with van der Waals surface area (Å²) in [6, 6.07) is 8.47. The summed E-state index contributed by atoms with van der Waals surface area (Å²) in [7, 11) is 0. The van der Waals surface area contributed by atoms with Crippen molar-refractivity contribution in [1.82, 2.24) is 9.97 Å². The van der Waals surface area contributed by atoms with E-state index in [4.69, 9.17) is 16.6 Å². The van der Waals surface area contributed by atoms with Gasteiger partial charge < -0.3 is 4.90 Å². The minimum absolute atomic E-state index is 0.550. The molecule has 21 heavy (non-hydrogen) atoms. The molecule has 0 aliphatic carbocycles.